The first-order valence-electron chi connectivity index (χ1n) is 7.87. The molecule has 1 aliphatic carbocycles. The van der Waals surface area contributed by atoms with E-state index in [9.17, 15) is 9.59 Å². The number of amides is 2. The number of carbonyl (C=O) groups is 2. The lowest BCUT2D eigenvalue weighted by Crippen LogP contribution is -2.57. The van der Waals surface area contributed by atoms with Gasteiger partial charge in [0.15, 0.2) is 5.82 Å². The molecule has 9 nitrogen and oxygen atoms in total. The molecule has 2 aliphatic rings. The molecule has 124 valence electrons. The molecule has 0 aromatic carbocycles. The van der Waals surface area contributed by atoms with Crippen molar-refractivity contribution in [3.63, 3.8) is 0 Å². The molecular formula is C15H17N7O2. The van der Waals surface area contributed by atoms with Gasteiger partial charge in [0, 0.05) is 18.6 Å². The molecule has 0 radical (unpaired) electrons. The molecule has 2 fully saturated rings. The second-order valence-corrected chi connectivity index (χ2v) is 6.38. The number of hydrogen-bond donors (Lipinski definition) is 0. The van der Waals surface area contributed by atoms with Gasteiger partial charge >= 0.3 is 11.8 Å². The van der Waals surface area contributed by atoms with E-state index in [4.69, 9.17) is 0 Å². The molecular weight excluding hydrogens is 310 g/mol. The quantitative estimate of drug-likeness (QED) is 0.720. The Morgan fingerprint density at radius 3 is 2.42 bits per heavy atom. The maximum atomic E-state index is 12.3. The molecule has 0 N–H and O–H groups in total. The Balaban J connectivity index is 1.44. The number of nitrogens with zero attached hydrogens (tertiary/aromatic N) is 7. The van der Waals surface area contributed by atoms with Gasteiger partial charge in [0.1, 0.15) is 0 Å². The van der Waals surface area contributed by atoms with Gasteiger partial charge in [-0.1, -0.05) is 0 Å². The Bertz CT molecular complexity index is 768. The fraction of sp³-hybridized carbons (Fsp3) is 0.467. The van der Waals surface area contributed by atoms with Gasteiger partial charge in [-0.2, -0.15) is 15.3 Å². The highest BCUT2D eigenvalue weighted by molar-refractivity contribution is 6.35. The van der Waals surface area contributed by atoms with Crippen LogP contribution in [0.2, 0.25) is 0 Å². The van der Waals surface area contributed by atoms with Crippen LogP contribution in [0.15, 0.2) is 24.5 Å². The molecule has 0 bridgehead atoms. The van der Waals surface area contributed by atoms with Crippen molar-refractivity contribution in [2.45, 2.75) is 31.8 Å². The van der Waals surface area contributed by atoms with E-state index >= 15 is 0 Å². The van der Waals surface area contributed by atoms with E-state index in [1.54, 1.807) is 29.4 Å². The van der Waals surface area contributed by atoms with Crippen molar-refractivity contribution in [3.05, 3.63) is 30.2 Å². The summed E-state index contributed by atoms with van der Waals surface area (Å²) in [7, 11) is 0. The Hall–Kier alpha value is -2.84. The average molecular weight is 327 g/mol. The summed E-state index contributed by atoms with van der Waals surface area (Å²) >= 11 is 0. The minimum absolute atomic E-state index is 0.114. The minimum atomic E-state index is -0.464. The summed E-state index contributed by atoms with van der Waals surface area (Å²) in [6.45, 7) is 3.39. The van der Waals surface area contributed by atoms with Gasteiger partial charge in [0.05, 0.1) is 24.6 Å². The van der Waals surface area contributed by atoms with Crippen LogP contribution in [0, 0.1) is 0 Å². The van der Waals surface area contributed by atoms with Crippen molar-refractivity contribution in [3.8, 4) is 5.82 Å². The van der Waals surface area contributed by atoms with E-state index in [1.165, 1.54) is 9.70 Å². The van der Waals surface area contributed by atoms with Crippen LogP contribution in [0.4, 0.5) is 0 Å². The third kappa shape index (κ3) is 2.51. The van der Waals surface area contributed by atoms with Gasteiger partial charge < -0.3 is 9.80 Å². The third-order valence-electron chi connectivity index (χ3n) is 4.62. The number of hydrogen-bond acceptors (Lipinski definition) is 6. The minimum Gasteiger partial charge on any atom is -0.327 e. The molecule has 2 aromatic rings. The van der Waals surface area contributed by atoms with E-state index in [2.05, 4.69) is 20.4 Å². The highest BCUT2D eigenvalue weighted by Gasteiger charge is 2.49. The predicted molar refractivity (Wildman–Crippen MR) is 81.7 cm³/mol. The van der Waals surface area contributed by atoms with Crippen molar-refractivity contribution in [1.82, 2.24) is 35.0 Å². The first-order valence-corrected chi connectivity index (χ1v) is 7.87. The number of aromatic nitrogens is 5. The number of piperazine rings is 1. The van der Waals surface area contributed by atoms with E-state index in [0.29, 0.717) is 24.6 Å². The predicted octanol–water partition coefficient (Wildman–Crippen LogP) is -0.219. The molecule has 0 unspecified atom stereocenters. The normalized spacial score (nSPS) is 19.7. The zero-order chi connectivity index (χ0) is 16.7. The molecule has 0 atom stereocenters. The molecule has 3 heterocycles. The standard InChI is InChI=1S/C15H17N7O2/c1-15(4-5-15)21-9-8-20(13(23)14(21)24)10-11-2-3-12(19-18-11)22-16-6-7-17-22/h2-3,6-7H,4-5,8-10H2,1H3. The van der Waals surface area contributed by atoms with Crippen LogP contribution in [-0.2, 0) is 16.1 Å². The molecule has 9 heteroatoms. The summed E-state index contributed by atoms with van der Waals surface area (Å²) in [5.74, 6) is -0.377. The van der Waals surface area contributed by atoms with Crippen LogP contribution in [0.3, 0.4) is 0 Å². The second kappa shape index (κ2) is 5.36. The summed E-state index contributed by atoms with van der Waals surface area (Å²) in [5, 5.41) is 16.1. The monoisotopic (exact) mass is 327 g/mol. The third-order valence-corrected chi connectivity index (χ3v) is 4.62. The SMILES string of the molecule is CC1(N2CCN(Cc3ccc(-n4nccn4)nn3)C(=O)C2=O)CC1. The van der Waals surface area contributed by atoms with Gasteiger partial charge in [-0.15, -0.1) is 9.90 Å². The van der Waals surface area contributed by atoms with E-state index < -0.39 is 11.8 Å². The lowest BCUT2D eigenvalue weighted by Gasteiger charge is -2.37. The summed E-state index contributed by atoms with van der Waals surface area (Å²) in [6, 6.07) is 3.49. The molecule has 1 saturated heterocycles. The maximum Gasteiger partial charge on any atom is 0.312 e. The first-order chi connectivity index (χ1) is 11.6. The summed E-state index contributed by atoms with van der Waals surface area (Å²) in [5.41, 5.74) is 0.509. The molecule has 2 aromatic heterocycles. The summed E-state index contributed by atoms with van der Waals surface area (Å²) < 4.78 is 0. The van der Waals surface area contributed by atoms with Gasteiger partial charge in [-0.3, -0.25) is 9.59 Å². The smallest absolute Gasteiger partial charge is 0.312 e. The first kappa shape index (κ1) is 14.7. The van der Waals surface area contributed by atoms with Crippen molar-refractivity contribution < 1.29 is 9.59 Å². The molecule has 24 heavy (non-hydrogen) atoms. The molecule has 1 saturated carbocycles. The number of carbonyl (C=O) groups excluding carboxylic acids is 2. The lowest BCUT2D eigenvalue weighted by atomic mass is 10.2. The van der Waals surface area contributed by atoms with Crippen LogP contribution in [0.5, 0.6) is 0 Å². The Kier molecular flexibility index (Phi) is 3.29. The van der Waals surface area contributed by atoms with Crippen LogP contribution >= 0.6 is 0 Å². The topological polar surface area (TPSA) is 97.1 Å². The maximum absolute atomic E-state index is 12.3. The van der Waals surface area contributed by atoms with Crippen molar-refractivity contribution in [2.24, 2.45) is 0 Å². The van der Waals surface area contributed by atoms with E-state index in [-0.39, 0.29) is 12.1 Å². The number of rotatable bonds is 4. The van der Waals surface area contributed by atoms with Crippen LogP contribution < -0.4 is 0 Å². The lowest BCUT2D eigenvalue weighted by molar-refractivity contribution is -0.158. The molecule has 0 spiro atoms. The zero-order valence-electron chi connectivity index (χ0n) is 13.3. The van der Waals surface area contributed by atoms with Crippen LogP contribution in [-0.4, -0.2) is 65.4 Å². The Morgan fingerprint density at radius 2 is 1.79 bits per heavy atom. The highest BCUT2D eigenvalue weighted by atomic mass is 16.2. The Labute approximate surface area is 138 Å². The van der Waals surface area contributed by atoms with Gasteiger partial charge in [0.2, 0.25) is 0 Å². The van der Waals surface area contributed by atoms with Crippen LogP contribution in [0.25, 0.3) is 5.82 Å². The van der Waals surface area contributed by atoms with Gasteiger partial charge in [-0.05, 0) is 31.9 Å². The van der Waals surface area contributed by atoms with Gasteiger partial charge in [0.25, 0.3) is 0 Å². The second-order valence-electron chi connectivity index (χ2n) is 6.38. The molecule has 2 amide bonds. The van der Waals surface area contributed by atoms with E-state index in [0.717, 1.165) is 12.8 Å². The van der Waals surface area contributed by atoms with Gasteiger partial charge in [-0.25, -0.2) is 0 Å². The van der Waals surface area contributed by atoms with Crippen molar-refractivity contribution >= 4 is 11.8 Å². The summed E-state index contributed by atoms with van der Waals surface area (Å²) in [6.07, 6.45) is 5.06. The van der Waals surface area contributed by atoms with Crippen molar-refractivity contribution in [2.75, 3.05) is 13.1 Å². The molecule has 4 rings (SSSR count). The van der Waals surface area contributed by atoms with Crippen molar-refractivity contribution in [1.29, 1.82) is 0 Å². The Morgan fingerprint density at radius 1 is 1.04 bits per heavy atom. The molecule has 1 aliphatic heterocycles. The largest absolute Gasteiger partial charge is 0.327 e. The van der Waals surface area contributed by atoms with Crippen LogP contribution in [0.1, 0.15) is 25.5 Å². The fourth-order valence-corrected chi connectivity index (χ4v) is 2.86. The highest BCUT2D eigenvalue weighted by Crippen LogP contribution is 2.41. The fourth-order valence-electron chi connectivity index (χ4n) is 2.86. The summed E-state index contributed by atoms with van der Waals surface area (Å²) in [4.78, 5) is 29.2. The van der Waals surface area contributed by atoms with E-state index in [1.807, 2.05) is 6.92 Å². The zero-order valence-corrected chi connectivity index (χ0v) is 13.3. The average Bonchev–Trinajstić information content (AvgIpc) is 3.11.